The first-order valence-corrected chi connectivity index (χ1v) is 10.7. The molecule has 1 amide bonds. The van der Waals surface area contributed by atoms with Gasteiger partial charge in [0.05, 0.1) is 5.69 Å². The SMILES string of the molecule is Cc1ccc(-c2ccc(=O)n(CC(=O)N3CCN(c4cccc(C)c4)[C@H](C)C3)n2)cc1. The van der Waals surface area contributed by atoms with E-state index in [-0.39, 0.29) is 24.1 Å². The highest BCUT2D eigenvalue weighted by Gasteiger charge is 2.27. The summed E-state index contributed by atoms with van der Waals surface area (Å²) in [6.45, 7) is 8.21. The van der Waals surface area contributed by atoms with Crippen LogP contribution in [-0.2, 0) is 11.3 Å². The van der Waals surface area contributed by atoms with E-state index in [1.165, 1.54) is 22.0 Å². The van der Waals surface area contributed by atoms with Crippen molar-refractivity contribution < 1.29 is 4.79 Å². The number of rotatable bonds is 4. The van der Waals surface area contributed by atoms with E-state index in [9.17, 15) is 9.59 Å². The van der Waals surface area contributed by atoms with Gasteiger partial charge >= 0.3 is 0 Å². The Morgan fingerprint density at radius 3 is 2.48 bits per heavy atom. The van der Waals surface area contributed by atoms with Crippen LogP contribution in [0.3, 0.4) is 0 Å². The molecule has 0 saturated carbocycles. The van der Waals surface area contributed by atoms with Crippen molar-refractivity contribution in [3.63, 3.8) is 0 Å². The third-order valence-corrected chi connectivity index (χ3v) is 5.81. The van der Waals surface area contributed by atoms with Gasteiger partial charge in [0.2, 0.25) is 5.91 Å². The minimum Gasteiger partial charge on any atom is -0.365 e. The first-order chi connectivity index (χ1) is 14.9. The predicted molar refractivity (Wildman–Crippen MR) is 123 cm³/mol. The summed E-state index contributed by atoms with van der Waals surface area (Å²) in [6, 6.07) is 19.8. The first-order valence-electron chi connectivity index (χ1n) is 10.7. The molecule has 1 fully saturated rings. The lowest BCUT2D eigenvalue weighted by Crippen LogP contribution is -2.54. The molecule has 0 bridgehead atoms. The number of carbonyl (C=O) groups is 1. The number of nitrogens with zero attached hydrogens (tertiary/aromatic N) is 4. The topological polar surface area (TPSA) is 58.4 Å². The van der Waals surface area contributed by atoms with Crippen LogP contribution in [0, 0.1) is 13.8 Å². The molecule has 0 N–H and O–H groups in total. The summed E-state index contributed by atoms with van der Waals surface area (Å²) in [4.78, 5) is 29.5. The summed E-state index contributed by atoms with van der Waals surface area (Å²) in [5, 5.41) is 4.44. The second kappa shape index (κ2) is 8.76. The van der Waals surface area contributed by atoms with Crippen molar-refractivity contribution >= 4 is 11.6 Å². The van der Waals surface area contributed by atoms with Gasteiger partial charge in [0.1, 0.15) is 6.54 Å². The van der Waals surface area contributed by atoms with E-state index < -0.39 is 0 Å². The standard InChI is InChI=1S/C25H28N4O2/c1-18-7-9-21(10-8-18)23-11-12-24(30)29(26-23)17-25(31)27-13-14-28(20(3)16-27)22-6-4-5-19(2)15-22/h4-12,15,20H,13-14,16-17H2,1-3H3/t20-/m1/s1. The molecule has 2 aromatic carbocycles. The second-order valence-corrected chi connectivity index (χ2v) is 8.30. The lowest BCUT2D eigenvalue weighted by molar-refractivity contribution is -0.132. The number of benzene rings is 2. The highest BCUT2D eigenvalue weighted by molar-refractivity contribution is 5.76. The summed E-state index contributed by atoms with van der Waals surface area (Å²) >= 11 is 0. The highest BCUT2D eigenvalue weighted by atomic mass is 16.2. The van der Waals surface area contributed by atoms with Gasteiger partial charge in [0.25, 0.3) is 5.56 Å². The molecule has 0 radical (unpaired) electrons. The fourth-order valence-electron chi connectivity index (χ4n) is 4.04. The smallest absolute Gasteiger partial charge is 0.267 e. The molecule has 160 valence electrons. The van der Waals surface area contributed by atoms with Crippen molar-refractivity contribution in [3.05, 3.63) is 82.1 Å². The number of aryl methyl sites for hydroxylation is 2. The monoisotopic (exact) mass is 416 g/mol. The van der Waals surface area contributed by atoms with Crippen molar-refractivity contribution in [1.82, 2.24) is 14.7 Å². The van der Waals surface area contributed by atoms with E-state index in [2.05, 4.69) is 48.1 Å². The quantitative estimate of drug-likeness (QED) is 0.655. The van der Waals surface area contributed by atoms with Crippen LogP contribution in [0.4, 0.5) is 5.69 Å². The average Bonchev–Trinajstić information content (AvgIpc) is 2.76. The van der Waals surface area contributed by atoms with E-state index in [1.54, 1.807) is 6.07 Å². The first kappa shape index (κ1) is 20.8. The summed E-state index contributed by atoms with van der Waals surface area (Å²) < 4.78 is 1.27. The molecule has 6 heteroatoms. The van der Waals surface area contributed by atoms with Crippen molar-refractivity contribution in [2.24, 2.45) is 0 Å². The van der Waals surface area contributed by atoms with E-state index in [4.69, 9.17) is 0 Å². The number of hydrogen-bond donors (Lipinski definition) is 0. The Hall–Kier alpha value is -3.41. The molecular formula is C25H28N4O2. The van der Waals surface area contributed by atoms with Gasteiger partial charge in [-0.3, -0.25) is 9.59 Å². The van der Waals surface area contributed by atoms with Crippen molar-refractivity contribution in [2.75, 3.05) is 24.5 Å². The van der Waals surface area contributed by atoms with Crippen LogP contribution in [0.5, 0.6) is 0 Å². The van der Waals surface area contributed by atoms with Crippen LogP contribution in [0.1, 0.15) is 18.1 Å². The number of amides is 1. The minimum absolute atomic E-state index is 0.0459. The van der Waals surface area contributed by atoms with Gasteiger partial charge in [0.15, 0.2) is 0 Å². The van der Waals surface area contributed by atoms with Crippen molar-refractivity contribution in [1.29, 1.82) is 0 Å². The molecule has 4 rings (SSSR count). The molecule has 0 aliphatic carbocycles. The third-order valence-electron chi connectivity index (χ3n) is 5.81. The minimum atomic E-state index is -0.268. The zero-order valence-electron chi connectivity index (χ0n) is 18.3. The normalized spacial score (nSPS) is 16.4. The van der Waals surface area contributed by atoms with E-state index in [0.29, 0.717) is 18.8 Å². The zero-order valence-corrected chi connectivity index (χ0v) is 18.3. The molecule has 1 saturated heterocycles. The van der Waals surface area contributed by atoms with Crippen molar-refractivity contribution in [3.8, 4) is 11.3 Å². The van der Waals surface area contributed by atoms with Crippen LogP contribution in [0.2, 0.25) is 0 Å². The Bertz CT molecular complexity index is 1140. The van der Waals surface area contributed by atoms with Crippen LogP contribution in [-0.4, -0.2) is 46.3 Å². The number of piperazine rings is 1. The Labute approximate surface area is 182 Å². The number of anilines is 1. The second-order valence-electron chi connectivity index (χ2n) is 8.30. The van der Waals surface area contributed by atoms with Gasteiger partial charge in [-0.2, -0.15) is 5.10 Å². The number of hydrogen-bond acceptors (Lipinski definition) is 4. The maximum Gasteiger partial charge on any atom is 0.267 e. The van der Waals surface area contributed by atoms with E-state index in [0.717, 1.165) is 17.7 Å². The van der Waals surface area contributed by atoms with Gasteiger partial charge in [0, 0.05) is 43.0 Å². The molecule has 1 atom stereocenters. The van der Waals surface area contributed by atoms with Crippen molar-refractivity contribution in [2.45, 2.75) is 33.4 Å². The highest BCUT2D eigenvalue weighted by Crippen LogP contribution is 2.22. The largest absolute Gasteiger partial charge is 0.365 e. The van der Waals surface area contributed by atoms with Crippen LogP contribution < -0.4 is 10.5 Å². The van der Waals surface area contributed by atoms with Crippen LogP contribution in [0.15, 0.2) is 65.5 Å². The van der Waals surface area contributed by atoms with Gasteiger partial charge in [-0.15, -0.1) is 0 Å². The molecule has 1 aliphatic heterocycles. The summed E-state index contributed by atoms with van der Waals surface area (Å²) in [7, 11) is 0. The number of aromatic nitrogens is 2. The van der Waals surface area contributed by atoms with Gasteiger partial charge in [-0.05, 0) is 44.5 Å². The third kappa shape index (κ3) is 4.68. The predicted octanol–water partition coefficient (Wildman–Crippen LogP) is 3.26. The maximum absolute atomic E-state index is 13.0. The summed E-state index contributed by atoms with van der Waals surface area (Å²) in [6.07, 6.45) is 0. The lowest BCUT2D eigenvalue weighted by Gasteiger charge is -2.41. The number of carbonyl (C=O) groups excluding carboxylic acids is 1. The molecule has 3 aromatic rings. The van der Waals surface area contributed by atoms with Gasteiger partial charge < -0.3 is 9.80 Å². The molecule has 6 nitrogen and oxygen atoms in total. The summed E-state index contributed by atoms with van der Waals surface area (Å²) in [5.74, 6) is -0.0774. The molecule has 0 unspecified atom stereocenters. The Kier molecular flexibility index (Phi) is 5.89. The molecule has 2 heterocycles. The Morgan fingerprint density at radius 2 is 1.77 bits per heavy atom. The van der Waals surface area contributed by atoms with Crippen LogP contribution >= 0.6 is 0 Å². The van der Waals surface area contributed by atoms with Gasteiger partial charge in [-0.1, -0.05) is 42.0 Å². The fourth-order valence-corrected chi connectivity index (χ4v) is 4.04. The maximum atomic E-state index is 13.0. The molecule has 0 spiro atoms. The molecule has 1 aliphatic rings. The Morgan fingerprint density at radius 1 is 1.00 bits per heavy atom. The average molecular weight is 417 g/mol. The molecule has 31 heavy (non-hydrogen) atoms. The molecule has 1 aromatic heterocycles. The molecular weight excluding hydrogens is 388 g/mol. The van der Waals surface area contributed by atoms with E-state index >= 15 is 0 Å². The van der Waals surface area contributed by atoms with Gasteiger partial charge in [-0.25, -0.2) is 4.68 Å². The lowest BCUT2D eigenvalue weighted by atomic mass is 10.1. The Balaban J connectivity index is 1.46. The zero-order chi connectivity index (χ0) is 22.0. The summed E-state index contributed by atoms with van der Waals surface area (Å²) in [5.41, 5.74) is 4.91. The van der Waals surface area contributed by atoms with Crippen LogP contribution in [0.25, 0.3) is 11.3 Å². The van der Waals surface area contributed by atoms with E-state index in [1.807, 2.05) is 36.1 Å². The fraction of sp³-hybridized carbons (Fsp3) is 0.320.